The quantitative estimate of drug-likeness (QED) is 0.749. The molecule has 0 saturated heterocycles. The highest BCUT2D eigenvalue weighted by atomic mass is 14.4. The molecule has 0 aromatic heterocycles. The zero-order chi connectivity index (χ0) is 13.2. The van der Waals surface area contributed by atoms with Gasteiger partial charge in [-0.25, -0.2) is 0 Å². The Morgan fingerprint density at radius 1 is 0.833 bits per heavy atom. The van der Waals surface area contributed by atoms with Crippen LogP contribution in [-0.2, 0) is 5.41 Å². The molecule has 1 nitrogen and oxygen atoms in total. The Morgan fingerprint density at radius 2 is 1.44 bits per heavy atom. The molecule has 2 aromatic rings. The molecule has 0 fully saturated rings. The zero-order valence-electron chi connectivity index (χ0n) is 11.2. The summed E-state index contributed by atoms with van der Waals surface area (Å²) in [6.45, 7) is 6.58. The number of benzene rings is 2. The Kier molecular flexibility index (Phi) is 3.33. The third-order valence-corrected chi connectivity index (χ3v) is 3.08. The van der Waals surface area contributed by atoms with Gasteiger partial charge in [-0.05, 0) is 22.6 Å². The predicted molar refractivity (Wildman–Crippen MR) is 77.5 cm³/mol. The largest absolute Gasteiger partial charge is 0.300 e. The number of hydrogen-bond donors (Lipinski definition) is 1. The highest BCUT2D eigenvalue weighted by Crippen LogP contribution is 2.23. The van der Waals surface area contributed by atoms with Crippen LogP contribution in [0.3, 0.4) is 0 Å². The van der Waals surface area contributed by atoms with E-state index in [1.807, 2.05) is 42.5 Å². The second kappa shape index (κ2) is 4.77. The maximum Gasteiger partial charge on any atom is 0.0684 e. The van der Waals surface area contributed by atoms with E-state index in [-0.39, 0.29) is 5.41 Å². The molecular formula is C17H19N. The lowest BCUT2D eigenvalue weighted by Gasteiger charge is -2.20. The van der Waals surface area contributed by atoms with Gasteiger partial charge in [0.05, 0.1) is 5.71 Å². The first-order valence-corrected chi connectivity index (χ1v) is 6.23. The summed E-state index contributed by atoms with van der Waals surface area (Å²) >= 11 is 0. The van der Waals surface area contributed by atoms with E-state index in [0.29, 0.717) is 5.71 Å². The van der Waals surface area contributed by atoms with E-state index < -0.39 is 0 Å². The van der Waals surface area contributed by atoms with Crippen LogP contribution < -0.4 is 0 Å². The Morgan fingerprint density at radius 3 is 2.06 bits per heavy atom. The van der Waals surface area contributed by atoms with Crippen LogP contribution in [0, 0.1) is 5.41 Å². The molecule has 0 heterocycles. The van der Waals surface area contributed by atoms with Gasteiger partial charge in [-0.2, -0.15) is 0 Å². The normalized spacial score (nSPS) is 11.3. The van der Waals surface area contributed by atoms with Crippen LogP contribution in [0.15, 0.2) is 54.6 Å². The maximum absolute atomic E-state index is 8.27. The van der Waals surface area contributed by atoms with E-state index in [1.165, 1.54) is 5.56 Å². The minimum absolute atomic E-state index is 0.118. The van der Waals surface area contributed by atoms with E-state index >= 15 is 0 Å². The highest BCUT2D eigenvalue weighted by molar-refractivity contribution is 6.10. The summed E-state index contributed by atoms with van der Waals surface area (Å²) in [5.74, 6) is 0. The third-order valence-electron chi connectivity index (χ3n) is 3.08. The minimum atomic E-state index is 0.118. The maximum atomic E-state index is 8.27. The lowest BCUT2D eigenvalue weighted by molar-refractivity contribution is 0.590. The van der Waals surface area contributed by atoms with Crippen LogP contribution >= 0.6 is 0 Å². The van der Waals surface area contributed by atoms with Crippen molar-refractivity contribution in [2.75, 3.05) is 0 Å². The number of nitrogens with one attached hydrogen (secondary N) is 1. The van der Waals surface area contributed by atoms with Crippen molar-refractivity contribution in [2.24, 2.45) is 0 Å². The van der Waals surface area contributed by atoms with Gasteiger partial charge in [-0.1, -0.05) is 69.3 Å². The van der Waals surface area contributed by atoms with Crippen molar-refractivity contribution in [2.45, 2.75) is 26.2 Å². The highest BCUT2D eigenvalue weighted by Gasteiger charge is 2.14. The molecule has 0 aliphatic rings. The SMILES string of the molecule is CC(C)(C)c1cccc(C(=N)c2ccccc2)c1. The molecular weight excluding hydrogens is 218 g/mol. The molecule has 0 unspecified atom stereocenters. The van der Waals surface area contributed by atoms with Crippen LogP contribution in [0.25, 0.3) is 0 Å². The second-order valence-corrected chi connectivity index (χ2v) is 5.57. The van der Waals surface area contributed by atoms with Crippen LogP contribution in [0.5, 0.6) is 0 Å². The van der Waals surface area contributed by atoms with Crippen LogP contribution in [0.1, 0.15) is 37.5 Å². The smallest absolute Gasteiger partial charge is 0.0684 e. The van der Waals surface area contributed by atoms with Crippen LogP contribution in [0.4, 0.5) is 0 Å². The van der Waals surface area contributed by atoms with Crippen molar-refractivity contribution < 1.29 is 0 Å². The van der Waals surface area contributed by atoms with Gasteiger partial charge in [0.15, 0.2) is 0 Å². The first-order valence-electron chi connectivity index (χ1n) is 6.23. The molecule has 2 aromatic carbocycles. The van der Waals surface area contributed by atoms with Crippen LogP contribution in [-0.4, -0.2) is 5.71 Å². The summed E-state index contributed by atoms with van der Waals surface area (Å²) in [4.78, 5) is 0. The molecule has 0 aliphatic carbocycles. The molecule has 0 aliphatic heterocycles. The standard InChI is InChI=1S/C17H19N/c1-17(2,3)15-11-7-10-14(12-15)16(18)13-8-5-4-6-9-13/h4-12,18H,1-3H3. The van der Waals surface area contributed by atoms with Crippen LogP contribution in [0.2, 0.25) is 0 Å². The molecule has 1 N–H and O–H groups in total. The Bertz CT molecular complexity index is 547. The molecule has 18 heavy (non-hydrogen) atoms. The van der Waals surface area contributed by atoms with Gasteiger partial charge in [-0.15, -0.1) is 0 Å². The molecule has 0 radical (unpaired) electrons. The van der Waals surface area contributed by atoms with E-state index in [0.717, 1.165) is 11.1 Å². The zero-order valence-corrected chi connectivity index (χ0v) is 11.2. The van der Waals surface area contributed by atoms with E-state index in [1.54, 1.807) is 0 Å². The van der Waals surface area contributed by atoms with Crippen molar-refractivity contribution >= 4 is 5.71 Å². The first-order chi connectivity index (χ1) is 8.48. The average molecular weight is 237 g/mol. The lowest BCUT2D eigenvalue weighted by atomic mass is 9.85. The fraction of sp³-hybridized carbons (Fsp3) is 0.235. The Balaban J connectivity index is 2.38. The molecule has 1 heteroatoms. The van der Waals surface area contributed by atoms with E-state index in [4.69, 9.17) is 5.41 Å². The molecule has 92 valence electrons. The van der Waals surface area contributed by atoms with E-state index in [9.17, 15) is 0 Å². The van der Waals surface area contributed by atoms with Crippen molar-refractivity contribution in [1.29, 1.82) is 5.41 Å². The number of hydrogen-bond acceptors (Lipinski definition) is 1. The minimum Gasteiger partial charge on any atom is -0.300 e. The third kappa shape index (κ3) is 2.67. The average Bonchev–Trinajstić information content (AvgIpc) is 2.38. The van der Waals surface area contributed by atoms with Gasteiger partial charge in [-0.3, -0.25) is 5.41 Å². The predicted octanol–water partition coefficient (Wildman–Crippen LogP) is 4.40. The van der Waals surface area contributed by atoms with Gasteiger partial charge in [0, 0.05) is 5.56 Å². The van der Waals surface area contributed by atoms with Gasteiger partial charge >= 0.3 is 0 Å². The first kappa shape index (κ1) is 12.6. The van der Waals surface area contributed by atoms with Crippen molar-refractivity contribution in [3.8, 4) is 0 Å². The lowest BCUT2D eigenvalue weighted by Crippen LogP contribution is -2.12. The van der Waals surface area contributed by atoms with Gasteiger partial charge in [0.25, 0.3) is 0 Å². The summed E-state index contributed by atoms with van der Waals surface area (Å²) in [6, 6.07) is 18.2. The number of rotatable bonds is 2. The summed E-state index contributed by atoms with van der Waals surface area (Å²) in [5.41, 5.74) is 3.91. The molecule has 0 spiro atoms. The topological polar surface area (TPSA) is 23.9 Å². The fourth-order valence-corrected chi connectivity index (χ4v) is 1.91. The summed E-state index contributed by atoms with van der Waals surface area (Å²) in [5, 5.41) is 8.27. The Hall–Kier alpha value is -1.89. The van der Waals surface area contributed by atoms with Crippen molar-refractivity contribution in [3.63, 3.8) is 0 Å². The van der Waals surface area contributed by atoms with Gasteiger partial charge in [0.1, 0.15) is 0 Å². The summed E-state index contributed by atoms with van der Waals surface area (Å²) < 4.78 is 0. The van der Waals surface area contributed by atoms with Crippen molar-refractivity contribution in [3.05, 3.63) is 71.3 Å². The van der Waals surface area contributed by atoms with Gasteiger partial charge in [0.2, 0.25) is 0 Å². The molecule has 0 amide bonds. The van der Waals surface area contributed by atoms with E-state index in [2.05, 4.69) is 32.9 Å². The van der Waals surface area contributed by atoms with Crippen molar-refractivity contribution in [1.82, 2.24) is 0 Å². The Labute approximate surface area is 109 Å². The molecule has 0 bridgehead atoms. The van der Waals surface area contributed by atoms with Gasteiger partial charge < -0.3 is 0 Å². The molecule has 0 saturated carbocycles. The monoisotopic (exact) mass is 237 g/mol. The fourth-order valence-electron chi connectivity index (χ4n) is 1.91. The second-order valence-electron chi connectivity index (χ2n) is 5.57. The summed E-state index contributed by atoms with van der Waals surface area (Å²) in [6.07, 6.45) is 0. The molecule has 2 rings (SSSR count). The summed E-state index contributed by atoms with van der Waals surface area (Å²) in [7, 11) is 0. The molecule has 0 atom stereocenters.